The first-order valence-electron chi connectivity index (χ1n) is 11.9. The van der Waals surface area contributed by atoms with E-state index in [1.807, 2.05) is 36.4 Å². The molecule has 1 unspecified atom stereocenters. The fraction of sp³-hybridized carbons (Fsp3) is 0.444. The molecule has 0 spiro atoms. The van der Waals surface area contributed by atoms with Crippen molar-refractivity contribution < 1.29 is 29.0 Å². The molecule has 1 aliphatic carbocycles. The van der Waals surface area contributed by atoms with E-state index >= 15 is 0 Å². The molecule has 2 aromatic rings. The molecule has 1 heterocycles. The van der Waals surface area contributed by atoms with Gasteiger partial charge in [0.05, 0.1) is 6.61 Å². The molecule has 4 rings (SSSR count). The van der Waals surface area contributed by atoms with Gasteiger partial charge in [-0.25, -0.2) is 9.59 Å². The van der Waals surface area contributed by atoms with Gasteiger partial charge in [-0.2, -0.15) is 0 Å². The number of carboxylic acids is 1. The number of carboxylic acid groups (broad SMARTS) is 1. The van der Waals surface area contributed by atoms with E-state index in [0.717, 1.165) is 22.3 Å². The summed E-state index contributed by atoms with van der Waals surface area (Å²) in [6, 6.07) is 16.1. The second-order valence-electron chi connectivity index (χ2n) is 9.46. The van der Waals surface area contributed by atoms with Crippen molar-refractivity contribution in [1.29, 1.82) is 0 Å². The molecule has 0 saturated carbocycles. The van der Waals surface area contributed by atoms with Crippen molar-refractivity contribution in [3.63, 3.8) is 0 Å². The number of likely N-dealkylation sites (tertiary alicyclic amines) is 1. The molecule has 2 N–H and O–H groups in total. The molecule has 2 atom stereocenters. The van der Waals surface area contributed by atoms with E-state index in [1.54, 1.807) is 13.8 Å². The average molecular weight is 481 g/mol. The summed E-state index contributed by atoms with van der Waals surface area (Å²) in [4.78, 5) is 40.0. The molecular formula is C27H32N2O6. The van der Waals surface area contributed by atoms with E-state index < -0.39 is 29.0 Å². The number of hydrogen-bond donors (Lipinski definition) is 2. The molecule has 8 nitrogen and oxygen atoms in total. The minimum Gasteiger partial charge on any atom is -0.480 e. The van der Waals surface area contributed by atoms with Crippen LogP contribution in [0.3, 0.4) is 0 Å². The van der Waals surface area contributed by atoms with E-state index in [2.05, 4.69) is 17.4 Å². The fourth-order valence-corrected chi connectivity index (χ4v) is 5.34. The van der Waals surface area contributed by atoms with Crippen LogP contribution in [0.2, 0.25) is 0 Å². The smallest absolute Gasteiger partial charge is 0.408 e. The molecular weight excluding hydrogens is 448 g/mol. The summed E-state index contributed by atoms with van der Waals surface area (Å²) in [5.41, 5.74) is 1.66. The van der Waals surface area contributed by atoms with E-state index in [9.17, 15) is 19.5 Å². The van der Waals surface area contributed by atoms with Gasteiger partial charge in [0.15, 0.2) is 0 Å². The third kappa shape index (κ3) is 4.27. The molecule has 8 heteroatoms. The summed E-state index contributed by atoms with van der Waals surface area (Å²) in [6.07, 6.45) is 0.407. The SMILES string of the molecule is CCC(COC)(NC(=O)OCC1c2ccccc2-c2ccccc21)C(=O)N1CCC[C@]1(C)C(=O)O. The Morgan fingerprint density at radius 1 is 1.11 bits per heavy atom. The topological polar surface area (TPSA) is 105 Å². The van der Waals surface area contributed by atoms with Crippen LogP contribution in [-0.4, -0.2) is 65.9 Å². The highest BCUT2D eigenvalue weighted by Crippen LogP contribution is 2.44. The third-order valence-corrected chi connectivity index (χ3v) is 7.44. The van der Waals surface area contributed by atoms with Gasteiger partial charge < -0.3 is 24.8 Å². The van der Waals surface area contributed by atoms with Gasteiger partial charge in [-0.3, -0.25) is 4.79 Å². The van der Waals surface area contributed by atoms with Crippen molar-refractivity contribution in [3.05, 3.63) is 59.7 Å². The summed E-state index contributed by atoms with van der Waals surface area (Å²) in [7, 11) is 1.44. The lowest BCUT2D eigenvalue weighted by Crippen LogP contribution is -2.65. The number of ether oxygens (including phenoxy) is 2. The molecule has 2 aromatic carbocycles. The number of fused-ring (bicyclic) bond motifs is 3. The molecule has 1 fully saturated rings. The van der Waals surface area contributed by atoms with E-state index in [0.29, 0.717) is 19.4 Å². The van der Waals surface area contributed by atoms with Crippen molar-refractivity contribution in [2.75, 3.05) is 26.9 Å². The zero-order valence-electron chi connectivity index (χ0n) is 20.4. The van der Waals surface area contributed by atoms with Gasteiger partial charge in [0, 0.05) is 19.6 Å². The number of nitrogens with zero attached hydrogens (tertiary/aromatic N) is 1. The maximum absolute atomic E-state index is 13.6. The lowest BCUT2D eigenvalue weighted by molar-refractivity contribution is -0.159. The Labute approximate surface area is 205 Å². The highest BCUT2D eigenvalue weighted by atomic mass is 16.5. The molecule has 1 saturated heterocycles. The highest BCUT2D eigenvalue weighted by Gasteiger charge is 2.52. The predicted octanol–water partition coefficient (Wildman–Crippen LogP) is 3.79. The first-order chi connectivity index (χ1) is 16.8. The molecule has 1 aliphatic heterocycles. The van der Waals surface area contributed by atoms with Crippen LogP contribution in [0.4, 0.5) is 4.79 Å². The van der Waals surface area contributed by atoms with Crippen LogP contribution in [0, 0.1) is 0 Å². The maximum Gasteiger partial charge on any atom is 0.408 e. The standard InChI is InChI=1S/C27H32N2O6/c1-4-27(17-34-3,23(30)29-15-9-14-26(29,2)24(31)32)28-25(33)35-16-22-20-12-7-5-10-18(20)19-11-6-8-13-21(19)22/h5-8,10-13,22H,4,9,14-17H2,1-3H3,(H,28,33)(H,31,32)/t26-,27?/m1/s1. The van der Waals surface area contributed by atoms with Crippen LogP contribution < -0.4 is 5.32 Å². The van der Waals surface area contributed by atoms with Crippen molar-refractivity contribution in [2.45, 2.75) is 50.1 Å². The summed E-state index contributed by atoms with van der Waals surface area (Å²) in [5, 5.41) is 12.5. The fourth-order valence-electron chi connectivity index (χ4n) is 5.34. The Kier molecular flexibility index (Phi) is 6.85. The number of carbonyl (C=O) groups is 3. The van der Waals surface area contributed by atoms with Gasteiger partial charge >= 0.3 is 12.1 Å². The summed E-state index contributed by atoms with van der Waals surface area (Å²) in [5.74, 6) is -1.65. The molecule has 2 aliphatic rings. The van der Waals surface area contributed by atoms with Crippen molar-refractivity contribution in [3.8, 4) is 11.1 Å². The van der Waals surface area contributed by atoms with Gasteiger partial charge in [-0.1, -0.05) is 55.5 Å². The van der Waals surface area contributed by atoms with Gasteiger partial charge in [0.25, 0.3) is 5.91 Å². The second-order valence-corrected chi connectivity index (χ2v) is 9.46. The van der Waals surface area contributed by atoms with Crippen molar-refractivity contribution in [2.24, 2.45) is 0 Å². The van der Waals surface area contributed by atoms with Gasteiger partial charge in [0.2, 0.25) is 0 Å². The Morgan fingerprint density at radius 2 is 1.71 bits per heavy atom. The zero-order valence-corrected chi connectivity index (χ0v) is 20.4. The van der Waals surface area contributed by atoms with Crippen LogP contribution in [0.15, 0.2) is 48.5 Å². The second kappa shape index (κ2) is 9.70. The first-order valence-corrected chi connectivity index (χ1v) is 11.9. The number of aliphatic carboxylic acids is 1. The quantitative estimate of drug-likeness (QED) is 0.596. The number of amides is 2. The van der Waals surface area contributed by atoms with Gasteiger partial charge in [-0.05, 0) is 48.4 Å². The van der Waals surface area contributed by atoms with E-state index in [1.165, 1.54) is 12.0 Å². The van der Waals surface area contributed by atoms with Gasteiger partial charge in [0.1, 0.15) is 17.7 Å². The average Bonchev–Trinajstić information content (AvgIpc) is 3.41. The summed E-state index contributed by atoms with van der Waals surface area (Å²) < 4.78 is 11.0. The van der Waals surface area contributed by atoms with E-state index in [4.69, 9.17) is 9.47 Å². The van der Waals surface area contributed by atoms with Crippen LogP contribution in [-0.2, 0) is 19.1 Å². The molecule has 0 aromatic heterocycles. The van der Waals surface area contributed by atoms with Crippen LogP contribution in [0.5, 0.6) is 0 Å². The Hall–Kier alpha value is -3.39. The summed E-state index contributed by atoms with van der Waals surface area (Å²) in [6.45, 7) is 3.62. The number of alkyl carbamates (subject to hydrolysis) is 1. The first kappa shape index (κ1) is 24.7. The molecule has 186 valence electrons. The van der Waals surface area contributed by atoms with Gasteiger partial charge in [-0.15, -0.1) is 0 Å². The lowest BCUT2D eigenvalue weighted by Gasteiger charge is -2.40. The monoisotopic (exact) mass is 480 g/mol. The van der Waals surface area contributed by atoms with Crippen LogP contribution in [0.25, 0.3) is 11.1 Å². The number of methoxy groups -OCH3 is 1. The molecule has 0 radical (unpaired) electrons. The number of benzene rings is 2. The zero-order chi connectivity index (χ0) is 25.2. The third-order valence-electron chi connectivity index (χ3n) is 7.44. The normalized spacial score (nSPS) is 20.6. The van der Waals surface area contributed by atoms with Crippen molar-refractivity contribution >= 4 is 18.0 Å². The van der Waals surface area contributed by atoms with E-state index in [-0.39, 0.29) is 25.6 Å². The number of hydrogen-bond acceptors (Lipinski definition) is 5. The predicted molar refractivity (Wildman–Crippen MR) is 130 cm³/mol. The Balaban J connectivity index is 1.52. The minimum absolute atomic E-state index is 0.0985. The number of rotatable bonds is 8. The summed E-state index contributed by atoms with van der Waals surface area (Å²) >= 11 is 0. The van der Waals surface area contributed by atoms with Crippen molar-refractivity contribution in [1.82, 2.24) is 10.2 Å². The Bertz CT molecular complexity index is 1090. The van der Waals surface area contributed by atoms with Crippen LogP contribution >= 0.6 is 0 Å². The van der Waals surface area contributed by atoms with Crippen LogP contribution in [0.1, 0.15) is 50.2 Å². The highest BCUT2D eigenvalue weighted by molar-refractivity contribution is 5.95. The number of carbonyl (C=O) groups excluding carboxylic acids is 2. The largest absolute Gasteiger partial charge is 0.480 e. The minimum atomic E-state index is -1.43. The lowest BCUT2D eigenvalue weighted by atomic mass is 9.91. The number of nitrogens with one attached hydrogen (secondary N) is 1. The molecule has 0 bridgehead atoms. The Morgan fingerprint density at radius 3 is 2.26 bits per heavy atom. The molecule has 2 amide bonds. The molecule has 35 heavy (non-hydrogen) atoms. The maximum atomic E-state index is 13.6.